The summed E-state index contributed by atoms with van der Waals surface area (Å²) in [5, 5.41) is 8.49. The maximum atomic E-state index is 10.3. The topological polar surface area (TPSA) is 63.3 Å². The number of nitrogens with two attached hydrogens (primary N) is 1. The molecule has 3 nitrogen and oxygen atoms in total. The lowest BCUT2D eigenvalue weighted by atomic mass is 10.0. The smallest absolute Gasteiger partial charge is 0.327 e. The summed E-state index contributed by atoms with van der Waals surface area (Å²) >= 11 is 2.12. The fourth-order valence-electron chi connectivity index (χ4n) is 0.361. The van der Waals surface area contributed by atoms with Crippen LogP contribution in [0.1, 0.15) is 6.92 Å². The van der Waals surface area contributed by atoms with Crippen molar-refractivity contribution in [2.45, 2.75) is 12.5 Å². The van der Waals surface area contributed by atoms with Crippen molar-refractivity contribution in [1.82, 2.24) is 0 Å². The van der Waals surface area contributed by atoms with Crippen LogP contribution in [0.15, 0.2) is 12.2 Å². The van der Waals surface area contributed by atoms with Gasteiger partial charge in [-0.05, 0) is 6.92 Å². The molecule has 0 amide bonds. The predicted molar refractivity (Wildman–Crippen MR) is 48.3 cm³/mol. The zero-order valence-electron chi connectivity index (χ0n) is 5.67. The standard InChI is InChI=1S/C6H10INO2/c1-6(8,5(9)10)3-2-4-7/h2-3H,4,8H2,1H3,(H,9,10)/b3-2+/t6-/m0/s1. The van der Waals surface area contributed by atoms with Crippen molar-refractivity contribution in [2.24, 2.45) is 5.73 Å². The maximum absolute atomic E-state index is 10.3. The molecule has 1 atom stereocenters. The van der Waals surface area contributed by atoms with Crippen molar-refractivity contribution in [3.8, 4) is 0 Å². The van der Waals surface area contributed by atoms with Crippen LogP contribution in [-0.2, 0) is 4.79 Å². The molecule has 0 bridgehead atoms. The van der Waals surface area contributed by atoms with Crippen LogP contribution >= 0.6 is 22.6 Å². The summed E-state index contributed by atoms with van der Waals surface area (Å²) in [5.41, 5.74) is 4.14. The molecule has 0 heterocycles. The van der Waals surface area contributed by atoms with Crippen molar-refractivity contribution >= 4 is 28.6 Å². The molecule has 0 aliphatic rings. The molecule has 0 saturated heterocycles. The van der Waals surface area contributed by atoms with Gasteiger partial charge < -0.3 is 10.8 Å². The molecule has 0 aromatic heterocycles. The normalized spacial score (nSPS) is 17.1. The average Bonchev–Trinajstić information content (AvgIpc) is 1.84. The first-order valence-corrected chi connectivity index (χ1v) is 4.29. The largest absolute Gasteiger partial charge is 0.480 e. The van der Waals surface area contributed by atoms with Crippen LogP contribution in [0.2, 0.25) is 0 Å². The van der Waals surface area contributed by atoms with E-state index in [4.69, 9.17) is 10.8 Å². The summed E-state index contributed by atoms with van der Waals surface area (Å²) in [5.74, 6) is -1.01. The van der Waals surface area contributed by atoms with Gasteiger partial charge in [-0.3, -0.25) is 0 Å². The van der Waals surface area contributed by atoms with Crippen LogP contribution in [0.25, 0.3) is 0 Å². The van der Waals surface area contributed by atoms with Gasteiger partial charge in [-0.1, -0.05) is 34.7 Å². The Bertz CT molecular complexity index is 154. The molecule has 0 aliphatic carbocycles. The number of hydrogen-bond acceptors (Lipinski definition) is 2. The molecule has 10 heavy (non-hydrogen) atoms. The molecule has 3 N–H and O–H groups in total. The van der Waals surface area contributed by atoms with Crippen LogP contribution in [0.3, 0.4) is 0 Å². The lowest BCUT2D eigenvalue weighted by molar-refractivity contribution is -0.140. The first-order valence-electron chi connectivity index (χ1n) is 2.76. The van der Waals surface area contributed by atoms with Gasteiger partial charge in [0.15, 0.2) is 0 Å². The number of halogens is 1. The second kappa shape index (κ2) is 3.92. The summed E-state index contributed by atoms with van der Waals surface area (Å²) in [7, 11) is 0. The molecule has 0 spiro atoms. The SMILES string of the molecule is C[C@](N)(/C=C/CI)C(=O)O. The van der Waals surface area contributed by atoms with E-state index in [9.17, 15) is 4.79 Å². The molecule has 0 aliphatic heterocycles. The van der Waals surface area contributed by atoms with Gasteiger partial charge in [-0.2, -0.15) is 0 Å². The highest BCUT2D eigenvalue weighted by atomic mass is 127. The Hall–Kier alpha value is -0.100. The Balaban J connectivity index is 4.12. The number of allylic oxidation sites excluding steroid dienone is 1. The van der Waals surface area contributed by atoms with E-state index in [1.54, 1.807) is 6.08 Å². The van der Waals surface area contributed by atoms with Gasteiger partial charge in [-0.25, -0.2) is 4.79 Å². The molecule has 0 fully saturated rings. The molecule has 0 rings (SSSR count). The number of carboxylic acid groups (broad SMARTS) is 1. The van der Waals surface area contributed by atoms with E-state index in [-0.39, 0.29) is 0 Å². The van der Waals surface area contributed by atoms with Crippen molar-refractivity contribution in [3.05, 3.63) is 12.2 Å². The van der Waals surface area contributed by atoms with E-state index in [0.717, 1.165) is 4.43 Å². The quantitative estimate of drug-likeness (QED) is 0.445. The van der Waals surface area contributed by atoms with Gasteiger partial charge in [0.1, 0.15) is 5.54 Å². The molecule has 4 heteroatoms. The first-order chi connectivity index (χ1) is 4.50. The Kier molecular flexibility index (Phi) is 3.88. The Morgan fingerprint density at radius 3 is 2.70 bits per heavy atom. The summed E-state index contributed by atoms with van der Waals surface area (Å²) in [6.45, 7) is 1.46. The third kappa shape index (κ3) is 3.17. The van der Waals surface area contributed by atoms with E-state index in [2.05, 4.69) is 22.6 Å². The van der Waals surface area contributed by atoms with Crippen molar-refractivity contribution in [2.75, 3.05) is 4.43 Å². The zero-order valence-corrected chi connectivity index (χ0v) is 7.83. The second-order valence-corrected chi connectivity index (χ2v) is 3.03. The molecule has 0 radical (unpaired) electrons. The highest BCUT2D eigenvalue weighted by Crippen LogP contribution is 2.01. The molecular formula is C6H10INO2. The number of alkyl halides is 1. The van der Waals surface area contributed by atoms with E-state index in [1.807, 2.05) is 0 Å². The first kappa shape index (κ1) is 9.90. The molecule has 0 saturated carbocycles. The van der Waals surface area contributed by atoms with Gasteiger partial charge in [0.2, 0.25) is 0 Å². The minimum atomic E-state index is -1.22. The molecule has 0 unspecified atom stereocenters. The minimum Gasteiger partial charge on any atom is -0.480 e. The summed E-state index contributed by atoms with van der Waals surface area (Å²) in [6, 6.07) is 0. The van der Waals surface area contributed by atoms with E-state index in [1.165, 1.54) is 13.0 Å². The highest BCUT2D eigenvalue weighted by Gasteiger charge is 2.23. The van der Waals surface area contributed by atoms with Crippen LogP contribution in [0, 0.1) is 0 Å². The average molecular weight is 255 g/mol. The monoisotopic (exact) mass is 255 g/mol. The molecule has 58 valence electrons. The van der Waals surface area contributed by atoms with Gasteiger partial charge in [0.05, 0.1) is 0 Å². The molecule has 0 aromatic carbocycles. The van der Waals surface area contributed by atoms with Gasteiger partial charge in [-0.15, -0.1) is 0 Å². The molecular weight excluding hydrogens is 245 g/mol. The van der Waals surface area contributed by atoms with Crippen molar-refractivity contribution in [1.29, 1.82) is 0 Å². The van der Waals surface area contributed by atoms with Crippen LogP contribution < -0.4 is 5.73 Å². The van der Waals surface area contributed by atoms with Crippen molar-refractivity contribution in [3.63, 3.8) is 0 Å². The fourth-order valence-corrected chi connectivity index (χ4v) is 0.615. The second-order valence-electron chi connectivity index (χ2n) is 2.14. The maximum Gasteiger partial charge on any atom is 0.327 e. The zero-order chi connectivity index (χ0) is 8.20. The Morgan fingerprint density at radius 1 is 1.90 bits per heavy atom. The lowest BCUT2D eigenvalue weighted by Crippen LogP contribution is -2.42. The summed E-state index contributed by atoms with van der Waals surface area (Å²) < 4.78 is 0.776. The number of rotatable bonds is 3. The Morgan fingerprint density at radius 2 is 2.40 bits per heavy atom. The number of carboxylic acids is 1. The third-order valence-electron chi connectivity index (χ3n) is 1.01. The predicted octanol–water partition coefficient (Wildman–Crippen LogP) is 0.780. The van der Waals surface area contributed by atoms with Crippen LogP contribution in [0.4, 0.5) is 0 Å². The van der Waals surface area contributed by atoms with Crippen LogP contribution in [-0.4, -0.2) is 21.0 Å². The fraction of sp³-hybridized carbons (Fsp3) is 0.500. The van der Waals surface area contributed by atoms with E-state index < -0.39 is 11.5 Å². The number of hydrogen-bond donors (Lipinski definition) is 2. The number of aliphatic carboxylic acids is 1. The highest BCUT2D eigenvalue weighted by molar-refractivity contribution is 14.1. The minimum absolute atomic E-state index is 0.776. The Labute approximate surface area is 73.4 Å². The van der Waals surface area contributed by atoms with Gasteiger partial charge >= 0.3 is 5.97 Å². The third-order valence-corrected chi connectivity index (χ3v) is 1.52. The van der Waals surface area contributed by atoms with Gasteiger partial charge in [0, 0.05) is 4.43 Å². The molecule has 0 aromatic rings. The van der Waals surface area contributed by atoms with Crippen molar-refractivity contribution < 1.29 is 9.90 Å². The lowest BCUT2D eigenvalue weighted by Gasteiger charge is -2.12. The van der Waals surface area contributed by atoms with Gasteiger partial charge in [0.25, 0.3) is 0 Å². The summed E-state index contributed by atoms with van der Waals surface area (Å²) in [4.78, 5) is 10.3. The van der Waals surface area contributed by atoms with Crippen LogP contribution in [0.5, 0.6) is 0 Å². The number of carbonyl (C=O) groups is 1. The van der Waals surface area contributed by atoms with E-state index >= 15 is 0 Å². The van der Waals surface area contributed by atoms with E-state index in [0.29, 0.717) is 0 Å². The summed E-state index contributed by atoms with van der Waals surface area (Å²) in [6.07, 6.45) is 3.22.